The van der Waals surface area contributed by atoms with Crippen molar-refractivity contribution in [3.05, 3.63) is 0 Å². The third kappa shape index (κ3) is 4.96. The molecule has 0 aromatic heterocycles. The Bertz CT molecular complexity index is 347. The number of carboxylic acids is 1. The van der Waals surface area contributed by atoms with Crippen molar-refractivity contribution in [2.45, 2.75) is 31.4 Å². The molecule has 2 fully saturated rings. The number of nitrogens with one attached hydrogen (secondary N) is 1. The second kappa shape index (κ2) is 7.85. The molecule has 0 radical (unpaired) electrons. The van der Waals surface area contributed by atoms with Gasteiger partial charge in [-0.3, -0.25) is 14.5 Å². The van der Waals surface area contributed by atoms with E-state index in [0.717, 1.165) is 37.5 Å². The molecule has 0 bridgehead atoms. The predicted octanol–water partition coefficient (Wildman–Crippen LogP) is 0.174. The fraction of sp³-hybridized carbons (Fsp3) is 0.846. The van der Waals surface area contributed by atoms with Gasteiger partial charge >= 0.3 is 5.97 Å². The molecular formula is C13H22N2O4S. The molecule has 6 nitrogen and oxygen atoms in total. The van der Waals surface area contributed by atoms with Gasteiger partial charge in [0.15, 0.2) is 0 Å². The number of carbonyl (C=O) groups is 2. The van der Waals surface area contributed by atoms with E-state index in [4.69, 9.17) is 9.84 Å². The first kappa shape index (κ1) is 15.6. The van der Waals surface area contributed by atoms with E-state index >= 15 is 0 Å². The molecule has 0 spiro atoms. The second-order valence-electron chi connectivity index (χ2n) is 5.24. The molecule has 2 unspecified atom stereocenters. The molecule has 2 aliphatic rings. The van der Waals surface area contributed by atoms with Gasteiger partial charge in [-0.25, -0.2) is 0 Å². The Morgan fingerprint density at radius 3 is 3.00 bits per heavy atom. The number of ether oxygens (including phenoxy) is 1. The molecular weight excluding hydrogens is 280 g/mol. The fourth-order valence-electron chi connectivity index (χ4n) is 2.56. The highest BCUT2D eigenvalue weighted by atomic mass is 32.2. The number of carbonyl (C=O) groups excluding carboxylic acids is 1. The first-order valence-electron chi connectivity index (χ1n) is 7.07. The Kier molecular flexibility index (Phi) is 6.12. The maximum absolute atomic E-state index is 11.9. The van der Waals surface area contributed by atoms with Crippen LogP contribution >= 0.6 is 11.8 Å². The maximum Gasteiger partial charge on any atom is 0.304 e. The molecule has 2 rings (SSSR count). The minimum atomic E-state index is -0.803. The normalized spacial score (nSPS) is 27.4. The summed E-state index contributed by atoms with van der Waals surface area (Å²) < 4.78 is 5.46. The van der Waals surface area contributed by atoms with Gasteiger partial charge in [0.2, 0.25) is 5.91 Å². The number of hydrogen-bond acceptors (Lipinski definition) is 5. The van der Waals surface area contributed by atoms with Crippen molar-refractivity contribution in [2.24, 2.45) is 0 Å². The van der Waals surface area contributed by atoms with Gasteiger partial charge in [-0.15, -0.1) is 0 Å². The van der Waals surface area contributed by atoms with Gasteiger partial charge in [0.25, 0.3) is 0 Å². The van der Waals surface area contributed by atoms with E-state index in [1.165, 1.54) is 0 Å². The van der Waals surface area contributed by atoms with Gasteiger partial charge in [-0.05, 0) is 12.8 Å². The number of nitrogens with zero attached hydrogens (tertiary/aromatic N) is 1. The average Bonchev–Trinajstić information content (AvgIpc) is 2.91. The molecule has 2 heterocycles. The van der Waals surface area contributed by atoms with E-state index in [2.05, 4.69) is 5.32 Å². The molecule has 0 aromatic carbocycles. The monoisotopic (exact) mass is 302 g/mol. The Labute approximate surface area is 123 Å². The summed E-state index contributed by atoms with van der Waals surface area (Å²) in [4.78, 5) is 24.8. The minimum absolute atomic E-state index is 0.0391. The van der Waals surface area contributed by atoms with E-state index in [1.807, 2.05) is 4.90 Å². The third-order valence-electron chi connectivity index (χ3n) is 3.66. The van der Waals surface area contributed by atoms with Crippen molar-refractivity contribution < 1.29 is 19.4 Å². The lowest BCUT2D eigenvalue weighted by molar-refractivity contribution is -0.138. The minimum Gasteiger partial charge on any atom is -0.481 e. The molecule has 2 aliphatic heterocycles. The van der Waals surface area contributed by atoms with Crippen LogP contribution in [0.1, 0.15) is 19.3 Å². The van der Waals surface area contributed by atoms with Crippen LogP contribution in [0.2, 0.25) is 0 Å². The van der Waals surface area contributed by atoms with Crippen LogP contribution in [0, 0.1) is 0 Å². The van der Waals surface area contributed by atoms with Crippen molar-refractivity contribution in [1.29, 1.82) is 0 Å². The van der Waals surface area contributed by atoms with E-state index < -0.39 is 5.97 Å². The number of thioether (sulfide) groups is 1. The zero-order valence-corrected chi connectivity index (χ0v) is 12.4. The highest BCUT2D eigenvalue weighted by Gasteiger charge is 2.26. The zero-order chi connectivity index (χ0) is 14.4. The maximum atomic E-state index is 11.9. The number of aliphatic carboxylic acids is 1. The fourth-order valence-corrected chi connectivity index (χ4v) is 3.69. The average molecular weight is 302 g/mol. The molecule has 114 valence electrons. The Balaban J connectivity index is 1.73. The van der Waals surface area contributed by atoms with Crippen LogP contribution in [0.5, 0.6) is 0 Å². The number of hydrogen-bond donors (Lipinski definition) is 2. The third-order valence-corrected chi connectivity index (χ3v) is 4.75. The topological polar surface area (TPSA) is 78.9 Å². The lowest BCUT2D eigenvalue weighted by atomic mass is 10.2. The lowest BCUT2D eigenvalue weighted by Crippen LogP contribution is -2.49. The van der Waals surface area contributed by atoms with Crippen molar-refractivity contribution in [3.63, 3.8) is 0 Å². The summed E-state index contributed by atoms with van der Waals surface area (Å²) in [6, 6.07) is -0.0419. The smallest absolute Gasteiger partial charge is 0.304 e. The summed E-state index contributed by atoms with van der Waals surface area (Å²) in [7, 11) is 0. The standard InChI is InChI=1S/C13H22N2O4S/c16-12(14-7-11-2-1-4-19-11)8-15-3-5-20-9-10(15)6-13(17)18/h10-11H,1-9H2,(H,14,16)(H,17,18). The van der Waals surface area contributed by atoms with E-state index in [1.54, 1.807) is 11.8 Å². The highest BCUT2D eigenvalue weighted by Crippen LogP contribution is 2.18. The van der Waals surface area contributed by atoms with E-state index in [0.29, 0.717) is 6.54 Å². The first-order chi connectivity index (χ1) is 9.65. The predicted molar refractivity (Wildman–Crippen MR) is 76.9 cm³/mol. The van der Waals surface area contributed by atoms with Crippen LogP contribution in [0.15, 0.2) is 0 Å². The molecule has 0 saturated carbocycles. The summed E-state index contributed by atoms with van der Waals surface area (Å²) in [6.07, 6.45) is 2.31. The summed E-state index contributed by atoms with van der Waals surface area (Å²) in [5.74, 6) is 0.894. The summed E-state index contributed by atoms with van der Waals surface area (Å²) in [5, 5.41) is 11.8. The van der Waals surface area contributed by atoms with Crippen molar-refractivity contribution in [1.82, 2.24) is 10.2 Å². The zero-order valence-electron chi connectivity index (χ0n) is 11.5. The van der Waals surface area contributed by atoms with Crippen molar-refractivity contribution >= 4 is 23.6 Å². The van der Waals surface area contributed by atoms with Crippen LogP contribution in [0.4, 0.5) is 0 Å². The SMILES string of the molecule is O=C(O)CC1CSCCN1CC(=O)NCC1CCCO1. The van der Waals surface area contributed by atoms with Gasteiger partial charge in [-0.2, -0.15) is 11.8 Å². The first-order valence-corrected chi connectivity index (χ1v) is 8.22. The van der Waals surface area contributed by atoms with Gasteiger partial charge < -0.3 is 15.2 Å². The number of carboxylic acid groups (broad SMARTS) is 1. The summed E-state index contributed by atoms with van der Waals surface area (Å²) in [6.45, 7) is 2.40. The van der Waals surface area contributed by atoms with Crippen LogP contribution in [-0.4, -0.2) is 71.8 Å². The van der Waals surface area contributed by atoms with Crippen LogP contribution in [-0.2, 0) is 14.3 Å². The lowest BCUT2D eigenvalue weighted by Gasteiger charge is -2.33. The molecule has 7 heteroatoms. The number of amides is 1. The molecule has 0 aliphatic carbocycles. The van der Waals surface area contributed by atoms with Gasteiger partial charge in [0, 0.05) is 37.2 Å². The summed E-state index contributed by atoms with van der Waals surface area (Å²) in [5.41, 5.74) is 0. The Hall–Kier alpha value is -0.790. The van der Waals surface area contributed by atoms with E-state index in [9.17, 15) is 9.59 Å². The molecule has 0 aromatic rings. The van der Waals surface area contributed by atoms with E-state index in [-0.39, 0.29) is 31.0 Å². The van der Waals surface area contributed by atoms with Crippen molar-refractivity contribution in [2.75, 3.05) is 37.7 Å². The number of rotatable bonds is 6. The second-order valence-corrected chi connectivity index (χ2v) is 6.39. The Morgan fingerprint density at radius 1 is 1.45 bits per heavy atom. The molecule has 1 amide bonds. The van der Waals surface area contributed by atoms with Gasteiger partial charge in [0.1, 0.15) is 0 Å². The molecule has 2 N–H and O–H groups in total. The summed E-state index contributed by atoms with van der Waals surface area (Å²) >= 11 is 1.75. The van der Waals surface area contributed by atoms with Crippen LogP contribution in [0.25, 0.3) is 0 Å². The van der Waals surface area contributed by atoms with Gasteiger partial charge in [-0.1, -0.05) is 0 Å². The quantitative estimate of drug-likeness (QED) is 0.728. The Morgan fingerprint density at radius 2 is 2.30 bits per heavy atom. The van der Waals surface area contributed by atoms with Crippen LogP contribution in [0.3, 0.4) is 0 Å². The molecule has 20 heavy (non-hydrogen) atoms. The van der Waals surface area contributed by atoms with Gasteiger partial charge in [0.05, 0.1) is 19.1 Å². The largest absolute Gasteiger partial charge is 0.481 e. The van der Waals surface area contributed by atoms with Crippen LogP contribution < -0.4 is 5.32 Å². The highest BCUT2D eigenvalue weighted by molar-refractivity contribution is 7.99. The molecule has 2 atom stereocenters. The van der Waals surface area contributed by atoms with Crippen molar-refractivity contribution in [3.8, 4) is 0 Å². The molecule has 2 saturated heterocycles.